The molecule has 0 atom stereocenters. The van der Waals surface area contributed by atoms with E-state index in [1.165, 1.54) is 46.3 Å². The van der Waals surface area contributed by atoms with E-state index >= 15 is 0 Å². The Kier molecular flexibility index (Phi) is 14.5. The van der Waals surface area contributed by atoms with Crippen LogP contribution in [-0.4, -0.2) is 39.4 Å². The lowest BCUT2D eigenvalue weighted by molar-refractivity contribution is -0.148. The lowest BCUT2D eigenvalue weighted by Gasteiger charge is -2.04. The SMILES string of the molecule is COCC(=O)OCCCCCCCCCCCC(=O)OC. The van der Waals surface area contributed by atoms with E-state index in [4.69, 9.17) is 4.74 Å². The Labute approximate surface area is 128 Å². The van der Waals surface area contributed by atoms with Crippen molar-refractivity contribution in [2.75, 3.05) is 27.4 Å². The highest BCUT2D eigenvalue weighted by Gasteiger charge is 2.01. The highest BCUT2D eigenvalue weighted by molar-refractivity contribution is 5.70. The first kappa shape index (κ1) is 19.9. The van der Waals surface area contributed by atoms with E-state index in [2.05, 4.69) is 9.47 Å². The highest BCUT2D eigenvalue weighted by atomic mass is 16.6. The summed E-state index contributed by atoms with van der Waals surface area (Å²) in [5.74, 6) is -0.398. The maximum absolute atomic E-state index is 11.0. The van der Waals surface area contributed by atoms with Gasteiger partial charge in [-0.2, -0.15) is 0 Å². The van der Waals surface area contributed by atoms with E-state index in [9.17, 15) is 9.59 Å². The fourth-order valence-corrected chi connectivity index (χ4v) is 2.06. The number of rotatable bonds is 14. The first-order valence-electron chi connectivity index (χ1n) is 7.92. The van der Waals surface area contributed by atoms with Gasteiger partial charge < -0.3 is 14.2 Å². The zero-order valence-electron chi connectivity index (χ0n) is 13.5. The maximum Gasteiger partial charge on any atom is 0.332 e. The maximum atomic E-state index is 11.0. The van der Waals surface area contributed by atoms with Crippen molar-refractivity contribution in [2.24, 2.45) is 0 Å². The van der Waals surface area contributed by atoms with Crippen LogP contribution in [-0.2, 0) is 23.8 Å². The highest BCUT2D eigenvalue weighted by Crippen LogP contribution is 2.10. The van der Waals surface area contributed by atoms with Gasteiger partial charge >= 0.3 is 11.9 Å². The van der Waals surface area contributed by atoms with Crippen LogP contribution in [0.5, 0.6) is 0 Å². The minimum absolute atomic E-state index is 0.0377. The fraction of sp³-hybridized carbons (Fsp3) is 0.875. The van der Waals surface area contributed by atoms with E-state index in [1.807, 2.05) is 0 Å². The van der Waals surface area contributed by atoms with Crippen molar-refractivity contribution in [3.05, 3.63) is 0 Å². The van der Waals surface area contributed by atoms with Gasteiger partial charge in [0.05, 0.1) is 13.7 Å². The van der Waals surface area contributed by atoms with Crippen LogP contribution >= 0.6 is 0 Å². The van der Waals surface area contributed by atoms with Crippen LogP contribution in [0.25, 0.3) is 0 Å². The summed E-state index contributed by atoms with van der Waals surface area (Å²) >= 11 is 0. The Bertz CT molecular complexity index is 265. The second-order valence-electron chi connectivity index (χ2n) is 5.16. The molecule has 0 amide bonds. The van der Waals surface area contributed by atoms with Crippen molar-refractivity contribution >= 4 is 11.9 Å². The van der Waals surface area contributed by atoms with Crippen LogP contribution in [0.2, 0.25) is 0 Å². The third-order valence-electron chi connectivity index (χ3n) is 3.28. The standard InChI is InChI=1S/C16H30O5/c1-19-14-16(18)21-13-11-9-7-5-3-4-6-8-10-12-15(17)20-2/h3-14H2,1-2H3. The average Bonchev–Trinajstić information content (AvgIpc) is 2.48. The lowest BCUT2D eigenvalue weighted by atomic mass is 10.1. The van der Waals surface area contributed by atoms with Crippen LogP contribution in [0.1, 0.15) is 64.2 Å². The van der Waals surface area contributed by atoms with Crippen LogP contribution in [0.15, 0.2) is 0 Å². The molecule has 0 aromatic rings. The number of unbranched alkanes of at least 4 members (excludes halogenated alkanes) is 8. The summed E-state index contributed by atoms with van der Waals surface area (Å²) in [5, 5.41) is 0. The van der Waals surface area contributed by atoms with Gasteiger partial charge in [-0.15, -0.1) is 0 Å². The van der Waals surface area contributed by atoms with Crippen molar-refractivity contribution in [1.29, 1.82) is 0 Å². The normalized spacial score (nSPS) is 10.4. The van der Waals surface area contributed by atoms with Gasteiger partial charge in [-0.25, -0.2) is 4.79 Å². The molecule has 0 unspecified atom stereocenters. The summed E-state index contributed by atoms with van der Waals surface area (Å²) in [4.78, 5) is 21.9. The molecular formula is C16H30O5. The van der Waals surface area contributed by atoms with Gasteiger partial charge in [0.1, 0.15) is 6.61 Å². The fourth-order valence-electron chi connectivity index (χ4n) is 2.06. The monoisotopic (exact) mass is 302 g/mol. The van der Waals surface area contributed by atoms with Gasteiger partial charge in [0.2, 0.25) is 0 Å². The second kappa shape index (κ2) is 15.3. The zero-order valence-corrected chi connectivity index (χ0v) is 13.5. The molecule has 0 heterocycles. The molecule has 0 N–H and O–H groups in total. The molecular weight excluding hydrogens is 272 g/mol. The Balaban J connectivity index is 3.09. The molecule has 124 valence electrons. The summed E-state index contributed by atoms with van der Waals surface area (Å²) in [5.41, 5.74) is 0. The van der Waals surface area contributed by atoms with E-state index in [-0.39, 0.29) is 18.5 Å². The van der Waals surface area contributed by atoms with Crippen LogP contribution in [0, 0.1) is 0 Å². The molecule has 0 rings (SSSR count). The number of esters is 2. The molecule has 21 heavy (non-hydrogen) atoms. The summed E-state index contributed by atoms with van der Waals surface area (Å²) < 4.78 is 14.2. The van der Waals surface area contributed by atoms with Crippen molar-refractivity contribution in [2.45, 2.75) is 64.2 Å². The molecule has 0 aromatic heterocycles. The molecule has 0 aliphatic heterocycles. The third-order valence-corrected chi connectivity index (χ3v) is 3.28. The van der Waals surface area contributed by atoms with Crippen molar-refractivity contribution in [1.82, 2.24) is 0 Å². The molecule has 0 spiro atoms. The number of methoxy groups -OCH3 is 2. The van der Waals surface area contributed by atoms with Crippen LogP contribution in [0.3, 0.4) is 0 Å². The van der Waals surface area contributed by atoms with Crippen LogP contribution in [0.4, 0.5) is 0 Å². The summed E-state index contributed by atoms with van der Waals surface area (Å²) in [6, 6.07) is 0. The van der Waals surface area contributed by atoms with Crippen LogP contribution < -0.4 is 0 Å². The van der Waals surface area contributed by atoms with Gasteiger partial charge in [-0.05, 0) is 12.8 Å². The Hall–Kier alpha value is -1.10. The first-order valence-corrected chi connectivity index (χ1v) is 7.92. The minimum Gasteiger partial charge on any atom is -0.469 e. The summed E-state index contributed by atoms with van der Waals surface area (Å²) in [6.45, 7) is 0.533. The Morgan fingerprint density at radius 1 is 0.714 bits per heavy atom. The molecule has 5 heteroatoms. The molecule has 0 saturated heterocycles. The first-order chi connectivity index (χ1) is 10.2. The van der Waals surface area contributed by atoms with Crippen molar-refractivity contribution in [3.8, 4) is 0 Å². The number of hydrogen-bond donors (Lipinski definition) is 0. The van der Waals surface area contributed by atoms with Gasteiger partial charge in [0.15, 0.2) is 0 Å². The number of carbonyl (C=O) groups excluding carboxylic acids is 2. The number of ether oxygens (including phenoxy) is 3. The topological polar surface area (TPSA) is 61.8 Å². The molecule has 0 radical (unpaired) electrons. The third kappa shape index (κ3) is 15.1. The Morgan fingerprint density at radius 3 is 1.76 bits per heavy atom. The molecule has 0 aliphatic rings. The molecule has 0 saturated carbocycles. The van der Waals surface area contributed by atoms with Gasteiger partial charge in [-0.1, -0.05) is 44.9 Å². The largest absolute Gasteiger partial charge is 0.469 e. The predicted octanol–water partition coefficient (Wildman–Crippen LogP) is 3.25. The smallest absolute Gasteiger partial charge is 0.332 e. The molecule has 0 bridgehead atoms. The molecule has 0 aliphatic carbocycles. The van der Waals surface area contributed by atoms with E-state index < -0.39 is 0 Å². The second-order valence-corrected chi connectivity index (χ2v) is 5.16. The van der Waals surface area contributed by atoms with E-state index in [1.54, 1.807) is 0 Å². The molecule has 5 nitrogen and oxygen atoms in total. The van der Waals surface area contributed by atoms with Crippen molar-refractivity contribution in [3.63, 3.8) is 0 Å². The molecule has 0 aromatic carbocycles. The lowest BCUT2D eigenvalue weighted by Crippen LogP contribution is -2.11. The number of hydrogen-bond acceptors (Lipinski definition) is 5. The van der Waals surface area contributed by atoms with Gasteiger partial charge in [0, 0.05) is 13.5 Å². The number of carbonyl (C=O) groups is 2. The van der Waals surface area contributed by atoms with E-state index in [0.29, 0.717) is 13.0 Å². The zero-order chi connectivity index (χ0) is 15.8. The summed E-state index contributed by atoms with van der Waals surface area (Å²) in [7, 11) is 2.91. The Morgan fingerprint density at radius 2 is 1.24 bits per heavy atom. The quantitative estimate of drug-likeness (QED) is 0.364. The summed E-state index contributed by atoms with van der Waals surface area (Å²) in [6.07, 6.45) is 10.7. The van der Waals surface area contributed by atoms with Crippen molar-refractivity contribution < 1.29 is 23.8 Å². The molecule has 0 fully saturated rings. The van der Waals surface area contributed by atoms with Gasteiger partial charge in [0.25, 0.3) is 0 Å². The average molecular weight is 302 g/mol. The minimum atomic E-state index is -0.288. The van der Waals surface area contributed by atoms with E-state index in [0.717, 1.165) is 25.7 Å². The predicted molar refractivity (Wildman–Crippen MR) is 81.0 cm³/mol. The van der Waals surface area contributed by atoms with Gasteiger partial charge in [-0.3, -0.25) is 4.79 Å².